The van der Waals surface area contributed by atoms with Crippen LogP contribution in [0.5, 0.6) is 0 Å². The van der Waals surface area contributed by atoms with E-state index < -0.39 is 10.8 Å². The fraction of sp³-hybridized carbons (Fsp3) is 0.316. The topological polar surface area (TPSA) is 49.0 Å². The van der Waals surface area contributed by atoms with Crippen molar-refractivity contribution in [3.8, 4) is 0 Å². The highest BCUT2D eigenvalue weighted by molar-refractivity contribution is 7.84. The van der Waals surface area contributed by atoms with E-state index in [1.807, 2.05) is 24.3 Å². The Labute approximate surface area is 144 Å². The molecule has 0 saturated heterocycles. The first-order chi connectivity index (χ1) is 11.6. The van der Waals surface area contributed by atoms with Crippen LogP contribution in [-0.2, 0) is 16.6 Å². The molecule has 24 heavy (non-hydrogen) atoms. The van der Waals surface area contributed by atoms with Crippen LogP contribution in [-0.4, -0.2) is 27.8 Å². The Morgan fingerprint density at radius 2 is 2.08 bits per heavy atom. The van der Waals surface area contributed by atoms with E-state index in [9.17, 15) is 4.21 Å². The van der Waals surface area contributed by atoms with Crippen LogP contribution in [0.15, 0.2) is 47.6 Å². The van der Waals surface area contributed by atoms with Gasteiger partial charge in [0.05, 0.1) is 27.6 Å². The Balaban J connectivity index is 1.68. The summed E-state index contributed by atoms with van der Waals surface area (Å²) >= 11 is 0. The molecule has 3 aromatic rings. The third-order valence-corrected chi connectivity index (χ3v) is 6.03. The number of benzene rings is 2. The van der Waals surface area contributed by atoms with E-state index >= 15 is 0 Å². The molecule has 1 aromatic heterocycles. The summed E-state index contributed by atoms with van der Waals surface area (Å²) in [4.78, 5) is 9.97. The SMILES string of the molecule is CC1CCN(C)c2c(CS(=O)c3nc4ccccc4[nH]3)cccc21. The molecule has 4 nitrogen and oxygen atoms in total. The van der Waals surface area contributed by atoms with Crippen molar-refractivity contribution in [2.45, 2.75) is 30.2 Å². The van der Waals surface area contributed by atoms with E-state index in [0.717, 1.165) is 23.1 Å². The highest BCUT2D eigenvalue weighted by atomic mass is 32.2. The molecule has 1 aliphatic heterocycles. The van der Waals surface area contributed by atoms with Crippen molar-refractivity contribution in [2.75, 3.05) is 18.5 Å². The van der Waals surface area contributed by atoms with Crippen molar-refractivity contribution in [1.29, 1.82) is 0 Å². The number of anilines is 1. The number of aromatic nitrogens is 2. The first kappa shape index (κ1) is 15.4. The van der Waals surface area contributed by atoms with Crippen LogP contribution < -0.4 is 4.90 Å². The van der Waals surface area contributed by atoms with Crippen LogP contribution in [0.1, 0.15) is 30.4 Å². The van der Waals surface area contributed by atoms with Gasteiger partial charge in [0.15, 0.2) is 5.16 Å². The normalized spacial score (nSPS) is 18.6. The molecule has 2 unspecified atom stereocenters. The van der Waals surface area contributed by atoms with E-state index in [1.54, 1.807) is 0 Å². The molecule has 2 aromatic carbocycles. The van der Waals surface area contributed by atoms with Crippen LogP contribution in [0.4, 0.5) is 5.69 Å². The average Bonchev–Trinajstić information content (AvgIpc) is 3.02. The Bertz CT molecular complexity index is 885. The van der Waals surface area contributed by atoms with Gasteiger partial charge in [-0.1, -0.05) is 37.3 Å². The molecule has 2 heterocycles. The van der Waals surface area contributed by atoms with Crippen LogP contribution in [0.3, 0.4) is 0 Å². The Kier molecular flexibility index (Phi) is 3.88. The quantitative estimate of drug-likeness (QED) is 0.789. The summed E-state index contributed by atoms with van der Waals surface area (Å²) in [5.41, 5.74) is 5.55. The summed E-state index contributed by atoms with van der Waals surface area (Å²) in [5, 5.41) is 0.556. The monoisotopic (exact) mass is 339 g/mol. The number of rotatable bonds is 3. The van der Waals surface area contributed by atoms with Crippen molar-refractivity contribution in [1.82, 2.24) is 9.97 Å². The minimum atomic E-state index is -1.18. The number of H-pyrrole nitrogens is 1. The lowest BCUT2D eigenvalue weighted by molar-refractivity contribution is 0.634. The number of aromatic amines is 1. The smallest absolute Gasteiger partial charge is 0.197 e. The van der Waals surface area contributed by atoms with Crippen molar-refractivity contribution in [3.63, 3.8) is 0 Å². The van der Waals surface area contributed by atoms with Gasteiger partial charge in [-0.25, -0.2) is 4.98 Å². The standard InChI is InChI=1S/C19H21N3OS/c1-13-10-11-22(2)18-14(6-5-7-15(13)18)12-24(23)19-20-16-8-3-4-9-17(16)21-19/h3-9,13H,10-12H2,1-2H3,(H,20,21). The van der Waals surface area contributed by atoms with E-state index in [2.05, 4.69) is 47.0 Å². The van der Waals surface area contributed by atoms with Gasteiger partial charge in [-0.15, -0.1) is 0 Å². The number of hydrogen-bond donors (Lipinski definition) is 1. The van der Waals surface area contributed by atoms with Crippen LogP contribution >= 0.6 is 0 Å². The number of imidazole rings is 1. The number of para-hydroxylation sites is 3. The Hall–Kier alpha value is -2.14. The third kappa shape index (κ3) is 2.63. The molecule has 0 amide bonds. The summed E-state index contributed by atoms with van der Waals surface area (Å²) < 4.78 is 12.9. The molecule has 0 radical (unpaired) electrons. The minimum Gasteiger partial charge on any atom is -0.374 e. The van der Waals surface area contributed by atoms with Gasteiger partial charge in [0.1, 0.15) is 0 Å². The maximum absolute atomic E-state index is 12.9. The zero-order valence-electron chi connectivity index (χ0n) is 14.0. The molecule has 0 fully saturated rings. The Morgan fingerprint density at radius 1 is 1.25 bits per heavy atom. The molecule has 2 atom stereocenters. The molecular formula is C19H21N3OS. The van der Waals surface area contributed by atoms with Gasteiger partial charge in [0, 0.05) is 19.3 Å². The van der Waals surface area contributed by atoms with Gasteiger partial charge in [0.2, 0.25) is 0 Å². The largest absolute Gasteiger partial charge is 0.374 e. The molecule has 0 spiro atoms. The molecule has 0 aliphatic carbocycles. The molecular weight excluding hydrogens is 318 g/mol. The summed E-state index contributed by atoms with van der Waals surface area (Å²) in [6, 6.07) is 14.2. The summed E-state index contributed by atoms with van der Waals surface area (Å²) in [5.74, 6) is 1.04. The number of nitrogens with one attached hydrogen (secondary N) is 1. The van der Waals surface area contributed by atoms with E-state index in [4.69, 9.17) is 0 Å². The summed E-state index contributed by atoms with van der Waals surface area (Å²) in [7, 11) is 0.939. The predicted molar refractivity (Wildman–Crippen MR) is 99.0 cm³/mol. The van der Waals surface area contributed by atoms with Gasteiger partial charge in [-0.2, -0.15) is 0 Å². The summed E-state index contributed by atoms with van der Waals surface area (Å²) in [6.07, 6.45) is 1.17. The first-order valence-electron chi connectivity index (χ1n) is 8.29. The molecule has 1 aliphatic rings. The summed E-state index contributed by atoms with van der Waals surface area (Å²) in [6.45, 7) is 3.31. The fourth-order valence-corrected chi connectivity index (χ4v) is 4.57. The number of nitrogens with zero attached hydrogens (tertiary/aromatic N) is 2. The third-order valence-electron chi connectivity index (χ3n) is 4.83. The van der Waals surface area contributed by atoms with Crippen molar-refractivity contribution >= 4 is 27.5 Å². The maximum atomic E-state index is 12.9. The van der Waals surface area contributed by atoms with Gasteiger partial charge in [-0.3, -0.25) is 4.21 Å². The van der Waals surface area contributed by atoms with Crippen molar-refractivity contribution in [2.24, 2.45) is 0 Å². The lowest BCUT2D eigenvalue weighted by Gasteiger charge is -2.33. The zero-order chi connectivity index (χ0) is 16.7. The lowest BCUT2D eigenvalue weighted by Crippen LogP contribution is -2.27. The Morgan fingerprint density at radius 3 is 2.92 bits per heavy atom. The van der Waals surface area contributed by atoms with Gasteiger partial charge >= 0.3 is 0 Å². The highest BCUT2D eigenvalue weighted by Gasteiger charge is 2.23. The minimum absolute atomic E-state index is 0.486. The molecule has 5 heteroatoms. The zero-order valence-corrected chi connectivity index (χ0v) is 14.8. The molecule has 0 saturated carbocycles. The van der Waals surface area contributed by atoms with Gasteiger partial charge in [0.25, 0.3) is 0 Å². The second-order valence-electron chi connectivity index (χ2n) is 6.52. The molecule has 124 valence electrons. The number of hydrogen-bond acceptors (Lipinski definition) is 3. The van der Waals surface area contributed by atoms with Crippen LogP contribution in [0.2, 0.25) is 0 Å². The van der Waals surface area contributed by atoms with Gasteiger partial charge < -0.3 is 9.88 Å². The van der Waals surface area contributed by atoms with Crippen molar-refractivity contribution in [3.05, 3.63) is 53.6 Å². The van der Waals surface area contributed by atoms with Gasteiger partial charge in [-0.05, 0) is 35.6 Å². The fourth-order valence-electron chi connectivity index (χ4n) is 3.49. The van der Waals surface area contributed by atoms with E-state index in [1.165, 1.54) is 17.7 Å². The van der Waals surface area contributed by atoms with E-state index in [-0.39, 0.29) is 0 Å². The van der Waals surface area contributed by atoms with Crippen LogP contribution in [0.25, 0.3) is 11.0 Å². The number of fused-ring (bicyclic) bond motifs is 2. The molecule has 0 bridgehead atoms. The lowest BCUT2D eigenvalue weighted by atomic mass is 9.90. The first-order valence-corrected chi connectivity index (χ1v) is 9.61. The second kappa shape index (κ2) is 6.06. The van der Waals surface area contributed by atoms with E-state index in [0.29, 0.717) is 16.8 Å². The van der Waals surface area contributed by atoms with Crippen LogP contribution in [0, 0.1) is 0 Å². The van der Waals surface area contributed by atoms with Crippen molar-refractivity contribution < 1.29 is 4.21 Å². The predicted octanol–water partition coefficient (Wildman–Crippen LogP) is 3.81. The molecule has 4 rings (SSSR count). The molecule has 1 N–H and O–H groups in total. The second-order valence-corrected chi connectivity index (χ2v) is 7.88. The average molecular weight is 339 g/mol. The highest BCUT2D eigenvalue weighted by Crippen LogP contribution is 2.37. The maximum Gasteiger partial charge on any atom is 0.197 e.